The Morgan fingerprint density at radius 2 is 2.25 bits per heavy atom. The van der Waals surface area contributed by atoms with Crippen molar-refractivity contribution in [2.75, 3.05) is 20.1 Å². The molecule has 16 heavy (non-hydrogen) atoms. The van der Waals surface area contributed by atoms with Crippen LogP contribution in [-0.4, -0.2) is 47.7 Å². The molecular formula is C12H24N2O2. The minimum atomic E-state index is -0.681. The summed E-state index contributed by atoms with van der Waals surface area (Å²) in [6.07, 6.45) is 1.48. The van der Waals surface area contributed by atoms with E-state index in [1.54, 1.807) is 4.90 Å². The van der Waals surface area contributed by atoms with E-state index in [4.69, 9.17) is 0 Å². The molecule has 1 amide bonds. The van der Waals surface area contributed by atoms with Gasteiger partial charge in [0.25, 0.3) is 0 Å². The molecule has 0 aromatic heterocycles. The molecule has 0 radical (unpaired) electrons. The molecule has 2 atom stereocenters. The first-order valence-electron chi connectivity index (χ1n) is 6.02. The molecule has 1 heterocycles. The molecule has 0 bridgehead atoms. The third-order valence-electron chi connectivity index (χ3n) is 3.62. The van der Waals surface area contributed by atoms with Crippen LogP contribution in [0.4, 0.5) is 0 Å². The number of piperidine rings is 1. The van der Waals surface area contributed by atoms with E-state index >= 15 is 0 Å². The quantitative estimate of drug-likeness (QED) is 0.741. The van der Waals surface area contributed by atoms with Crippen LogP contribution in [0.3, 0.4) is 0 Å². The third kappa shape index (κ3) is 3.46. The lowest BCUT2D eigenvalue weighted by Gasteiger charge is -2.34. The molecule has 94 valence electrons. The smallest absolute Gasteiger partial charge is 0.222 e. The zero-order chi connectivity index (χ0) is 12.3. The Morgan fingerprint density at radius 1 is 1.62 bits per heavy atom. The average molecular weight is 228 g/mol. The van der Waals surface area contributed by atoms with Gasteiger partial charge in [-0.05, 0) is 19.3 Å². The summed E-state index contributed by atoms with van der Waals surface area (Å²) in [4.78, 5) is 13.1. The number of hydrogen-bond acceptors (Lipinski definition) is 3. The van der Waals surface area contributed by atoms with Gasteiger partial charge in [0, 0.05) is 32.6 Å². The van der Waals surface area contributed by atoms with Crippen molar-refractivity contribution in [3.63, 3.8) is 0 Å². The van der Waals surface area contributed by atoms with Gasteiger partial charge in [0.05, 0.1) is 5.60 Å². The van der Waals surface area contributed by atoms with Gasteiger partial charge in [-0.1, -0.05) is 13.8 Å². The number of likely N-dealkylation sites (tertiary alicyclic amines) is 1. The summed E-state index contributed by atoms with van der Waals surface area (Å²) < 4.78 is 0. The zero-order valence-corrected chi connectivity index (χ0v) is 10.8. The summed E-state index contributed by atoms with van der Waals surface area (Å²) in [5.74, 6) is 0.441. The van der Waals surface area contributed by atoms with Crippen LogP contribution in [0.2, 0.25) is 0 Å². The van der Waals surface area contributed by atoms with Crippen molar-refractivity contribution in [1.82, 2.24) is 10.2 Å². The maximum atomic E-state index is 11.3. The Labute approximate surface area is 98.0 Å². The zero-order valence-electron chi connectivity index (χ0n) is 10.8. The van der Waals surface area contributed by atoms with Gasteiger partial charge in [0.2, 0.25) is 5.91 Å². The highest BCUT2D eigenvalue weighted by atomic mass is 16.3. The van der Waals surface area contributed by atoms with Gasteiger partial charge in [0.15, 0.2) is 0 Å². The molecule has 0 aromatic carbocycles. The SMILES string of the molecule is CC(C)C(C)(O)CNC1CCC(=O)N(C)C1. The van der Waals surface area contributed by atoms with Gasteiger partial charge >= 0.3 is 0 Å². The van der Waals surface area contributed by atoms with Gasteiger partial charge in [-0.15, -0.1) is 0 Å². The number of carbonyl (C=O) groups is 1. The number of amides is 1. The Kier molecular flexibility index (Phi) is 4.33. The van der Waals surface area contributed by atoms with E-state index in [1.165, 1.54) is 0 Å². The molecular weight excluding hydrogens is 204 g/mol. The number of likely N-dealkylation sites (N-methyl/N-ethyl adjacent to an activating group) is 1. The maximum Gasteiger partial charge on any atom is 0.222 e. The molecule has 2 N–H and O–H groups in total. The second-order valence-corrected chi connectivity index (χ2v) is 5.40. The highest BCUT2D eigenvalue weighted by Crippen LogP contribution is 2.16. The molecule has 0 aliphatic carbocycles. The van der Waals surface area contributed by atoms with Crippen molar-refractivity contribution >= 4 is 5.91 Å². The first kappa shape index (κ1) is 13.5. The molecule has 4 heteroatoms. The van der Waals surface area contributed by atoms with Crippen molar-refractivity contribution in [1.29, 1.82) is 0 Å². The molecule has 2 unspecified atom stereocenters. The van der Waals surface area contributed by atoms with E-state index in [-0.39, 0.29) is 11.8 Å². The molecule has 1 aliphatic heterocycles. The lowest BCUT2D eigenvalue weighted by atomic mass is 9.92. The minimum absolute atomic E-state index is 0.216. The van der Waals surface area contributed by atoms with Gasteiger partial charge in [-0.25, -0.2) is 0 Å². The van der Waals surface area contributed by atoms with Crippen LogP contribution >= 0.6 is 0 Å². The Morgan fingerprint density at radius 3 is 2.75 bits per heavy atom. The molecule has 1 saturated heterocycles. The van der Waals surface area contributed by atoms with E-state index in [0.717, 1.165) is 13.0 Å². The van der Waals surface area contributed by atoms with Crippen LogP contribution < -0.4 is 5.32 Å². The number of rotatable bonds is 4. The van der Waals surface area contributed by atoms with Crippen molar-refractivity contribution in [3.05, 3.63) is 0 Å². The first-order chi connectivity index (χ1) is 7.33. The topological polar surface area (TPSA) is 52.6 Å². The Bertz CT molecular complexity index is 251. The number of hydrogen-bond donors (Lipinski definition) is 2. The van der Waals surface area contributed by atoms with Gasteiger partial charge in [-0.3, -0.25) is 4.79 Å². The molecule has 0 saturated carbocycles. The van der Waals surface area contributed by atoms with Crippen LogP contribution in [0.15, 0.2) is 0 Å². The predicted octanol–water partition coefficient (Wildman–Crippen LogP) is 0.604. The number of nitrogens with one attached hydrogen (secondary N) is 1. The maximum absolute atomic E-state index is 11.3. The van der Waals surface area contributed by atoms with Gasteiger partial charge in [-0.2, -0.15) is 0 Å². The summed E-state index contributed by atoms with van der Waals surface area (Å²) in [6.45, 7) is 7.20. The summed E-state index contributed by atoms with van der Waals surface area (Å²) >= 11 is 0. The van der Waals surface area contributed by atoms with Gasteiger partial charge in [0.1, 0.15) is 0 Å². The van der Waals surface area contributed by atoms with Crippen LogP contribution in [-0.2, 0) is 4.79 Å². The number of aliphatic hydroxyl groups is 1. The normalized spacial score (nSPS) is 26.0. The predicted molar refractivity (Wildman–Crippen MR) is 64.1 cm³/mol. The second-order valence-electron chi connectivity index (χ2n) is 5.40. The number of carbonyl (C=O) groups excluding carboxylic acids is 1. The summed E-state index contributed by atoms with van der Waals surface area (Å²) in [5, 5.41) is 13.4. The van der Waals surface area contributed by atoms with E-state index in [0.29, 0.717) is 19.0 Å². The molecule has 1 aliphatic rings. The summed E-state index contributed by atoms with van der Waals surface area (Å²) in [5.41, 5.74) is -0.681. The fourth-order valence-electron chi connectivity index (χ4n) is 1.73. The van der Waals surface area contributed by atoms with Crippen molar-refractivity contribution in [2.45, 2.75) is 45.3 Å². The van der Waals surface area contributed by atoms with Crippen LogP contribution in [0.5, 0.6) is 0 Å². The standard InChI is InChI=1S/C12H24N2O2/c1-9(2)12(3,16)8-13-10-5-6-11(15)14(4)7-10/h9-10,13,16H,5-8H2,1-4H3. The molecule has 0 aromatic rings. The van der Waals surface area contributed by atoms with Gasteiger partial charge < -0.3 is 15.3 Å². The minimum Gasteiger partial charge on any atom is -0.389 e. The Hall–Kier alpha value is -0.610. The number of nitrogens with zero attached hydrogens (tertiary/aromatic N) is 1. The van der Waals surface area contributed by atoms with Crippen molar-refractivity contribution in [2.24, 2.45) is 5.92 Å². The summed E-state index contributed by atoms with van der Waals surface area (Å²) in [7, 11) is 1.83. The molecule has 1 fully saturated rings. The molecule has 1 rings (SSSR count). The van der Waals surface area contributed by atoms with Crippen molar-refractivity contribution < 1.29 is 9.90 Å². The highest BCUT2D eigenvalue weighted by molar-refractivity contribution is 5.76. The summed E-state index contributed by atoms with van der Waals surface area (Å²) in [6, 6.07) is 0.313. The molecule has 0 spiro atoms. The van der Waals surface area contributed by atoms with Crippen LogP contribution in [0.1, 0.15) is 33.6 Å². The third-order valence-corrected chi connectivity index (χ3v) is 3.62. The first-order valence-corrected chi connectivity index (χ1v) is 6.02. The fraction of sp³-hybridized carbons (Fsp3) is 0.917. The van der Waals surface area contributed by atoms with E-state index in [9.17, 15) is 9.90 Å². The highest BCUT2D eigenvalue weighted by Gasteiger charge is 2.28. The van der Waals surface area contributed by atoms with E-state index < -0.39 is 5.60 Å². The monoisotopic (exact) mass is 228 g/mol. The van der Waals surface area contributed by atoms with Crippen molar-refractivity contribution in [3.8, 4) is 0 Å². The van der Waals surface area contributed by atoms with Crippen LogP contribution in [0, 0.1) is 5.92 Å². The average Bonchev–Trinajstić information content (AvgIpc) is 2.20. The van der Waals surface area contributed by atoms with E-state index in [1.807, 2.05) is 27.8 Å². The lowest BCUT2D eigenvalue weighted by Crippen LogP contribution is -2.51. The largest absolute Gasteiger partial charge is 0.389 e. The molecule has 4 nitrogen and oxygen atoms in total. The lowest BCUT2D eigenvalue weighted by molar-refractivity contribution is -0.132. The van der Waals surface area contributed by atoms with E-state index in [2.05, 4.69) is 5.32 Å². The Balaban J connectivity index is 2.36. The second kappa shape index (κ2) is 5.15. The van der Waals surface area contributed by atoms with Crippen LogP contribution in [0.25, 0.3) is 0 Å². The fourth-order valence-corrected chi connectivity index (χ4v) is 1.73.